The van der Waals surface area contributed by atoms with Crippen LogP contribution in [0.25, 0.3) is 0 Å². The van der Waals surface area contributed by atoms with Crippen molar-refractivity contribution >= 4 is 11.6 Å². The Kier molecular flexibility index (Phi) is 1.87. The fourth-order valence-electron chi connectivity index (χ4n) is 1.91. The van der Waals surface area contributed by atoms with Crippen LogP contribution in [0, 0.1) is 12.3 Å². The van der Waals surface area contributed by atoms with Gasteiger partial charge in [0, 0.05) is 18.7 Å². The summed E-state index contributed by atoms with van der Waals surface area (Å²) in [5, 5.41) is 0. The molecule has 0 saturated carbocycles. The predicted molar refractivity (Wildman–Crippen MR) is 57.2 cm³/mol. The molecule has 2 rings (SSSR count). The highest BCUT2D eigenvalue weighted by molar-refractivity contribution is 5.57. The standard InChI is InChI=1S/C10H16N4/c1-7-8(11)12-6-13-9(7)14-4-10(2,3)5-14/h6H,4-5H2,1-3H3,(H2,11,12,13). The average Bonchev–Trinajstić information content (AvgIpc) is 2.06. The van der Waals surface area contributed by atoms with E-state index in [0.717, 1.165) is 24.5 Å². The van der Waals surface area contributed by atoms with Crippen molar-refractivity contribution in [2.75, 3.05) is 23.7 Å². The van der Waals surface area contributed by atoms with Crippen LogP contribution in [0.4, 0.5) is 11.6 Å². The number of rotatable bonds is 1. The van der Waals surface area contributed by atoms with Crippen LogP contribution in [-0.4, -0.2) is 23.1 Å². The van der Waals surface area contributed by atoms with Crippen molar-refractivity contribution in [3.8, 4) is 0 Å². The number of aromatic nitrogens is 2. The minimum absolute atomic E-state index is 0.409. The maximum Gasteiger partial charge on any atom is 0.137 e. The lowest BCUT2D eigenvalue weighted by atomic mass is 9.84. The van der Waals surface area contributed by atoms with E-state index < -0.39 is 0 Å². The highest BCUT2D eigenvalue weighted by atomic mass is 15.3. The molecule has 0 bridgehead atoms. The zero-order valence-electron chi connectivity index (χ0n) is 8.91. The van der Waals surface area contributed by atoms with Crippen LogP contribution < -0.4 is 10.6 Å². The molecule has 0 unspecified atom stereocenters. The first kappa shape index (κ1) is 9.24. The summed E-state index contributed by atoms with van der Waals surface area (Å²) < 4.78 is 0. The fourth-order valence-corrected chi connectivity index (χ4v) is 1.91. The van der Waals surface area contributed by atoms with Crippen molar-refractivity contribution in [2.45, 2.75) is 20.8 Å². The second-order valence-electron chi connectivity index (χ2n) is 4.73. The molecule has 4 nitrogen and oxygen atoms in total. The van der Waals surface area contributed by atoms with Crippen molar-refractivity contribution in [2.24, 2.45) is 5.41 Å². The van der Waals surface area contributed by atoms with Crippen molar-refractivity contribution in [3.05, 3.63) is 11.9 Å². The number of nitrogen functional groups attached to an aromatic ring is 1. The van der Waals surface area contributed by atoms with Gasteiger partial charge in [-0.25, -0.2) is 9.97 Å². The van der Waals surface area contributed by atoms with Crippen molar-refractivity contribution in [3.63, 3.8) is 0 Å². The van der Waals surface area contributed by atoms with E-state index in [-0.39, 0.29) is 0 Å². The molecule has 0 spiro atoms. The monoisotopic (exact) mass is 192 g/mol. The van der Waals surface area contributed by atoms with Gasteiger partial charge in [-0.05, 0) is 12.3 Å². The third-order valence-corrected chi connectivity index (χ3v) is 2.63. The first-order valence-electron chi connectivity index (χ1n) is 4.82. The Morgan fingerprint density at radius 1 is 1.36 bits per heavy atom. The smallest absolute Gasteiger partial charge is 0.137 e. The van der Waals surface area contributed by atoms with Gasteiger partial charge in [0.2, 0.25) is 0 Å². The summed E-state index contributed by atoms with van der Waals surface area (Å²) in [4.78, 5) is 10.5. The Labute approximate surface area is 84.2 Å². The molecule has 0 aromatic carbocycles. The molecule has 1 aliphatic heterocycles. The summed E-state index contributed by atoms with van der Waals surface area (Å²) in [5.74, 6) is 1.57. The molecule has 0 amide bonds. The lowest BCUT2D eigenvalue weighted by Crippen LogP contribution is -2.53. The highest BCUT2D eigenvalue weighted by Crippen LogP contribution is 2.34. The molecule has 1 aromatic heterocycles. The van der Waals surface area contributed by atoms with Gasteiger partial charge < -0.3 is 10.6 Å². The summed E-state index contributed by atoms with van der Waals surface area (Å²) >= 11 is 0. The third-order valence-electron chi connectivity index (χ3n) is 2.63. The summed E-state index contributed by atoms with van der Waals surface area (Å²) in [5.41, 5.74) is 7.12. The Morgan fingerprint density at radius 3 is 2.57 bits per heavy atom. The Balaban J connectivity index is 2.23. The molecule has 14 heavy (non-hydrogen) atoms. The zero-order valence-corrected chi connectivity index (χ0v) is 8.91. The van der Waals surface area contributed by atoms with Crippen LogP contribution in [0.5, 0.6) is 0 Å². The number of nitrogens with two attached hydrogens (primary N) is 1. The first-order chi connectivity index (χ1) is 6.49. The number of hydrogen-bond acceptors (Lipinski definition) is 4. The van der Waals surface area contributed by atoms with E-state index in [1.54, 1.807) is 0 Å². The normalized spacial score (nSPS) is 19.2. The van der Waals surface area contributed by atoms with Crippen LogP contribution in [0.2, 0.25) is 0 Å². The SMILES string of the molecule is Cc1c(N)ncnc1N1CC(C)(C)C1. The Bertz CT molecular complexity index is 351. The average molecular weight is 192 g/mol. The molecular formula is C10H16N4. The lowest BCUT2D eigenvalue weighted by Gasteiger charge is -2.47. The molecule has 0 radical (unpaired) electrons. The topological polar surface area (TPSA) is 55.0 Å². The zero-order chi connectivity index (χ0) is 10.3. The van der Waals surface area contributed by atoms with Crippen LogP contribution in [-0.2, 0) is 0 Å². The van der Waals surface area contributed by atoms with Crippen molar-refractivity contribution in [1.29, 1.82) is 0 Å². The van der Waals surface area contributed by atoms with Crippen molar-refractivity contribution in [1.82, 2.24) is 9.97 Å². The molecule has 1 aliphatic rings. The second kappa shape index (κ2) is 2.83. The molecule has 76 valence electrons. The highest BCUT2D eigenvalue weighted by Gasteiger charge is 2.35. The van der Waals surface area contributed by atoms with Crippen molar-refractivity contribution < 1.29 is 0 Å². The lowest BCUT2D eigenvalue weighted by molar-refractivity contribution is 0.274. The van der Waals surface area contributed by atoms with Gasteiger partial charge in [0.15, 0.2) is 0 Å². The maximum atomic E-state index is 5.73. The van der Waals surface area contributed by atoms with Gasteiger partial charge in [-0.1, -0.05) is 13.8 Å². The van der Waals surface area contributed by atoms with E-state index in [1.807, 2.05) is 6.92 Å². The van der Waals surface area contributed by atoms with E-state index in [4.69, 9.17) is 5.73 Å². The fraction of sp³-hybridized carbons (Fsp3) is 0.600. The summed E-state index contributed by atoms with van der Waals surface area (Å²) in [6.07, 6.45) is 1.53. The van der Waals surface area contributed by atoms with E-state index in [0.29, 0.717) is 11.2 Å². The van der Waals surface area contributed by atoms with E-state index in [2.05, 4.69) is 28.7 Å². The van der Waals surface area contributed by atoms with Crippen LogP contribution in [0.3, 0.4) is 0 Å². The van der Waals surface area contributed by atoms with Gasteiger partial charge in [0.25, 0.3) is 0 Å². The number of nitrogens with zero attached hydrogens (tertiary/aromatic N) is 3. The second-order valence-corrected chi connectivity index (χ2v) is 4.73. The van der Waals surface area contributed by atoms with Crippen LogP contribution in [0.15, 0.2) is 6.33 Å². The molecule has 1 fully saturated rings. The van der Waals surface area contributed by atoms with Gasteiger partial charge in [-0.15, -0.1) is 0 Å². The van der Waals surface area contributed by atoms with E-state index in [1.165, 1.54) is 6.33 Å². The third kappa shape index (κ3) is 1.41. The summed E-state index contributed by atoms with van der Waals surface area (Å²) in [6, 6.07) is 0. The minimum atomic E-state index is 0.409. The molecule has 4 heteroatoms. The quantitative estimate of drug-likeness (QED) is 0.726. The predicted octanol–water partition coefficient (Wildman–Crippen LogP) is 1.21. The molecule has 0 aliphatic carbocycles. The van der Waals surface area contributed by atoms with Gasteiger partial charge in [0.05, 0.1) is 0 Å². The molecule has 2 N–H and O–H groups in total. The Hall–Kier alpha value is -1.32. The van der Waals surface area contributed by atoms with Crippen LogP contribution in [0.1, 0.15) is 19.4 Å². The van der Waals surface area contributed by atoms with Gasteiger partial charge >= 0.3 is 0 Å². The minimum Gasteiger partial charge on any atom is -0.383 e. The summed E-state index contributed by atoms with van der Waals surface area (Å²) in [7, 11) is 0. The van der Waals surface area contributed by atoms with Crippen LogP contribution >= 0.6 is 0 Å². The van der Waals surface area contributed by atoms with Gasteiger partial charge in [-0.2, -0.15) is 0 Å². The first-order valence-corrected chi connectivity index (χ1v) is 4.82. The molecule has 0 atom stereocenters. The molecule has 1 saturated heterocycles. The largest absolute Gasteiger partial charge is 0.383 e. The Morgan fingerprint density at radius 2 is 2.00 bits per heavy atom. The molecule has 1 aromatic rings. The summed E-state index contributed by atoms with van der Waals surface area (Å²) in [6.45, 7) is 8.57. The molecule has 2 heterocycles. The maximum absolute atomic E-state index is 5.73. The number of anilines is 2. The molecular weight excluding hydrogens is 176 g/mol. The van der Waals surface area contributed by atoms with E-state index in [9.17, 15) is 0 Å². The number of hydrogen-bond donors (Lipinski definition) is 1. The van der Waals surface area contributed by atoms with E-state index >= 15 is 0 Å². The van der Waals surface area contributed by atoms with Gasteiger partial charge in [0.1, 0.15) is 18.0 Å². The van der Waals surface area contributed by atoms with Gasteiger partial charge in [-0.3, -0.25) is 0 Å².